The van der Waals surface area contributed by atoms with E-state index in [1.54, 1.807) is 12.1 Å². The third kappa shape index (κ3) is 2.76. The Kier molecular flexibility index (Phi) is 2.75. The van der Waals surface area contributed by atoms with Crippen molar-refractivity contribution in [3.05, 3.63) is 35.6 Å². The van der Waals surface area contributed by atoms with E-state index in [9.17, 15) is 12.8 Å². The van der Waals surface area contributed by atoms with Gasteiger partial charge in [0.15, 0.2) is 0 Å². The van der Waals surface area contributed by atoms with Crippen LogP contribution in [0.3, 0.4) is 0 Å². The minimum atomic E-state index is -3.17. The third-order valence-electron chi connectivity index (χ3n) is 2.33. The summed E-state index contributed by atoms with van der Waals surface area (Å²) in [4.78, 5) is 0. The van der Waals surface area contributed by atoms with E-state index >= 15 is 0 Å². The molecule has 1 aliphatic carbocycles. The number of hydrogen-bond acceptors (Lipinski definition) is 2. The van der Waals surface area contributed by atoms with E-state index in [0.717, 1.165) is 12.8 Å². The van der Waals surface area contributed by atoms with Crippen LogP contribution in [0.5, 0.6) is 0 Å². The zero-order valence-corrected chi connectivity index (χ0v) is 8.93. The minimum Gasteiger partial charge on any atom is -0.212 e. The van der Waals surface area contributed by atoms with Gasteiger partial charge in [0.05, 0.1) is 5.25 Å². The van der Waals surface area contributed by atoms with Gasteiger partial charge in [-0.3, -0.25) is 0 Å². The van der Waals surface area contributed by atoms with Crippen molar-refractivity contribution in [3.63, 3.8) is 0 Å². The molecule has 5 heteroatoms. The Balaban J connectivity index is 1.98. The number of benzene rings is 1. The van der Waals surface area contributed by atoms with E-state index in [0.29, 0.717) is 5.56 Å². The summed E-state index contributed by atoms with van der Waals surface area (Å²) < 4.78 is 38.1. The summed E-state index contributed by atoms with van der Waals surface area (Å²) >= 11 is 0. The van der Waals surface area contributed by atoms with E-state index in [1.165, 1.54) is 12.1 Å². The van der Waals surface area contributed by atoms with Crippen LogP contribution >= 0.6 is 0 Å². The molecule has 15 heavy (non-hydrogen) atoms. The normalized spacial score (nSPS) is 16.6. The van der Waals surface area contributed by atoms with Crippen molar-refractivity contribution >= 4 is 10.0 Å². The Morgan fingerprint density at radius 2 is 2.13 bits per heavy atom. The molecule has 0 bridgehead atoms. The lowest BCUT2D eigenvalue weighted by Crippen LogP contribution is -2.26. The predicted octanol–water partition coefficient (Wildman–Crippen LogP) is 1.41. The zero-order valence-electron chi connectivity index (χ0n) is 8.11. The van der Waals surface area contributed by atoms with Crippen molar-refractivity contribution in [2.75, 3.05) is 0 Å². The van der Waals surface area contributed by atoms with Crippen molar-refractivity contribution in [1.82, 2.24) is 4.72 Å². The summed E-state index contributed by atoms with van der Waals surface area (Å²) in [6.07, 6.45) is 1.47. The molecule has 0 radical (unpaired) electrons. The van der Waals surface area contributed by atoms with Gasteiger partial charge < -0.3 is 0 Å². The maximum atomic E-state index is 12.8. The molecule has 0 amide bonds. The van der Waals surface area contributed by atoms with Gasteiger partial charge in [-0.05, 0) is 30.5 Å². The molecule has 1 fully saturated rings. The summed E-state index contributed by atoms with van der Waals surface area (Å²) in [5.74, 6) is -0.349. The largest absolute Gasteiger partial charge is 0.214 e. The van der Waals surface area contributed by atoms with Gasteiger partial charge >= 0.3 is 0 Å². The molecule has 0 saturated heterocycles. The molecule has 1 aromatic rings. The fourth-order valence-electron chi connectivity index (χ4n) is 1.33. The van der Waals surface area contributed by atoms with Crippen molar-refractivity contribution < 1.29 is 12.8 Å². The Morgan fingerprint density at radius 1 is 1.40 bits per heavy atom. The first-order chi connectivity index (χ1) is 7.08. The van der Waals surface area contributed by atoms with Crippen LogP contribution in [0, 0.1) is 5.82 Å². The second-order valence-electron chi connectivity index (χ2n) is 3.70. The number of halogens is 1. The summed E-state index contributed by atoms with van der Waals surface area (Å²) in [5.41, 5.74) is 0.638. The number of rotatable bonds is 4. The summed E-state index contributed by atoms with van der Waals surface area (Å²) in [5, 5.41) is -0.231. The number of hydrogen-bond donors (Lipinski definition) is 1. The maximum absolute atomic E-state index is 12.8. The molecular weight excluding hydrogens is 217 g/mol. The van der Waals surface area contributed by atoms with Gasteiger partial charge in [-0.1, -0.05) is 12.1 Å². The van der Waals surface area contributed by atoms with E-state index in [2.05, 4.69) is 4.72 Å². The molecule has 1 aliphatic rings. The van der Waals surface area contributed by atoms with Gasteiger partial charge in [0.2, 0.25) is 10.0 Å². The molecule has 1 N–H and O–H groups in total. The van der Waals surface area contributed by atoms with Gasteiger partial charge in [-0.2, -0.15) is 0 Å². The topological polar surface area (TPSA) is 46.2 Å². The van der Waals surface area contributed by atoms with E-state index in [1.807, 2.05) is 0 Å². The molecule has 2 rings (SSSR count). The highest BCUT2D eigenvalue weighted by Gasteiger charge is 2.35. The van der Waals surface area contributed by atoms with Crippen LogP contribution in [0.15, 0.2) is 24.3 Å². The van der Waals surface area contributed by atoms with E-state index < -0.39 is 10.0 Å². The monoisotopic (exact) mass is 229 g/mol. The highest BCUT2D eigenvalue weighted by molar-refractivity contribution is 7.90. The van der Waals surface area contributed by atoms with E-state index in [4.69, 9.17) is 0 Å². The quantitative estimate of drug-likeness (QED) is 0.848. The van der Waals surface area contributed by atoms with Crippen LogP contribution in [0.4, 0.5) is 4.39 Å². The van der Waals surface area contributed by atoms with Crippen LogP contribution in [0.25, 0.3) is 0 Å². The molecule has 0 aromatic heterocycles. The van der Waals surface area contributed by atoms with Crippen molar-refractivity contribution in [1.29, 1.82) is 0 Å². The fourth-order valence-corrected chi connectivity index (χ4v) is 2.69. The SMILES string of the molecule is O=S(=O)(NCc1cccc(F)c1)C1CC1. The summed E-state index contributed by atoms with van der Waals surface area (Å²) in [6, 6.07) is 5.92. The zero-order chi connectivity index (χ0) is 10.9. The van der Waals surface area contributed by atoms with Gasteiger partial charge in [-0.15, -0.1) is 0 Å². The molecule has 0 heterocycles. The highest BCUT2D eigenvalue weighted by Crippen LogP contribution is 2.27. The average molecular weight is 229 g/mol. The smallest absolute Gasteiger partial charge is 0.212 e. The first-order valence-electron chi connectivity index (χ1n) is 4.81. The van der Waals surface area contributed by atoms with Crippen molar-refractivity contribution in [2.24, 2.45) is 0 Å². The van der Waals surface area contributed by atoms with Gasteiger partial charge in [0.25, 0.3) is 0 Å². The molecule has 82 valence electrons. The van der Waals surface area contributed by atoms with Crippen LogP contribution in [0.1, 0.15) is 18.4 Å². The van der Waals surface area contributed by atoms with Crippen LogP contribution in [-0.2, 0) is 16.6 Å². The third-order valence-corrected chi connectivity index (χ3v) is 4.23. The van der Waals surface area contributed by atoms with E-state index in [-0.39, 0.29) is 17.6 Å². The van der Waals surface area contributed by atoms with Crippen LogP contribution in [-0.4, -0.2) is 13.7 Å². The average Bonchev–Trinajstić information content (AvgIpc) is 2.98. The molecule has 1 aromatic carbocycles. The number of sulfonamides is 1. The van der Waals surface area contributed by atoms with Gasteiger partial charge in [-0.25, -0.2) is 17.5 Å². The first-order valence-corrected chi connectivity index (χ1v) is 6.35. The second kappa shape index (κ2) is 3.90. The van der Waals surface area contributed by atoms with Crippen LogP contribution in [0.2, 0.25) is 0 Å². The fraction of sp³-hybridized carbons (Fsp3) is 0.400. The second-order valence-corrected chi connectivity index (χ2v) is 5.74. The van der Waals surface area contributed by atoms with Gasteiger partial charge in [0.1, 0.15) is 5.82 Å². The van der Waals surface area contributed by atoms with Crippen LogP contribution < -0.4 is 4.72 Å². The standard InChI is InChI=1S/C10H12FNO2S/c11-9-3-1-2-8(6-9)7-12-15(13,14)10-4-5-10/h1-3,6,10,12H,4-5,7H2. The molecule has 0 unspecified atom stereocenters. The van der Waals surface area contributed by atoms with Gasteiger partial charge in [0, 0.05) is 6.54 Å². The van der Waals surface area contributed by atoms with Crippen molar-refractivity contribution in [2.45, 2.75) is 24.6 Å². The lowest BCUT2D eigenvalue weighted by Gasteiger charge is -2.05. The lowest BCUT2D eigenvalue weighted by atomic mass is 10.2. The molecule has 1 saturated carbocycles. The molecule has 0 aliphatic heterocycles. The maximum Gasteiger partial charge on any atom is 0.214 e. The Morgan fingerprint density at radius 3 is 2.73 bits per heavy atom. The molecule has 0 atom stereocenters. The Hall–Kier alpha value is -0.940. The summed E-state index contributed by atoms with van der Waals surface area (Å²) in [6.45, 7) is 0.163. The molecule has 0 spiro atoms. The highest BCUT2D eigenvalue weighted by atomic mass is 32.2. The molecular formula is C10H12FNO2S. The summed E-state index contributed by atoms with van der Waals surface area (Å²) in [7, 11) is -3.17. The minimum absolute atomic E-state index is 0.163. The molecule has 3 nitrogen and oxygen atoms in total. The number of nitrogens with one attached hydrogen (secondary N) is 1. The predicted molar refractivity (Wildman–Crippen MR) is 55.2 cm³/mol. The Bertz CT molecular complexity index is 454. The lowest BCUT2D eigenvalue weighted by molar-refractivity contribution is 0.579. The Labute approximate surface area is 88.4 Å². The van der Waals surface area contributed by atoms with Crippen molar-refractivity contribution in [3.8, 4) is 0 Å². The first kappa shape index (κ1) is 10.6.